The lowest BCUT2D eigenvalue weighted by Gasteiger charge is -2.17. The second-order valence-corrected chi connectivity index (χ2v) is 4.66. The van der Waals surface area contributed by atoms with Gasteiger partial charge in [-0.2, -0.15) is 0 Å². The fourth-order valence-corrected chi connectivity index (χ4v) is 2.29. The summed E-state index contributed by atoms with van der Waals surface area (Å²) < 4.78 is 13.5. The van der Waals surface area contributed by atoms with Gasteiger partial charge in [-0.3, -0.25) is 4.98 Å². The van der Waals surface area contributed by atoms with E-state index in [9.17, 15) is 4.39 Å². The summed E-state index contributed by atoms with van der Waals surface area (Å²) in [5.41, 5.74) is 3.26. The number of halogens is 1. The molecule has 1 heterocycles. The quantitative estimate of drug-likeness (QED) is 0.888. The van der Waals surface area contributed by atoms with Gasteiger partial charge in [0.2, 0.25) is 0 Å². The van der Waals surface area contributed by atoms with Gasteiger partial charge in [0.05, 0.1) is 0 Å². The molecule has 2 aromatic rings. The molecular weight excluding hydrogens is 239 g/mol. The van der Waals surface area contributed by atoms with Gasteiger partial charge in [-0.1, -0.05) is 19.1 Å². The Morgan fingerprint density at radius 3 is 2.84 bits per heavy atom. The number of nitrogens with one attached hydrogen (secondary N) is 1. The van der Waals surface area contributed by atoms with E-state index in [2.05, 4.69) is 24.1 Å². The maximum Gasteiger partial charge on any atom is 0.123 e. The van der Waals surface area contributed by atoms with Crippen LogP contribution < -0.4 is 5.32 Å². The molecular formula is C16H19FN2. The standard InChI is InChI=1S/C16H19FN2/c1-3-19-12(2)16-7-6-15(17)10-14(16)9-13-5-4-8-18-11-13/h4-8,10-12,19H,3,9H2,1-2H3. The Hall–Kier alpha value is -1.74. The number of benzene rings is 1. The topological polar surface area (TPSA) is 24.9 Å². The van der Waals surface area contributed by atoms with Crippen molar-refractivity contribution < 1.29 is 4.39 Å². The van der Waals surface area contributed by atoms with E-state index in [1.54, 1.807) is 12.3 Å². The first-order valence-corrected chi connectivity index (χ1v) is 6.61. The maximum atomic E-state index is 13.5. The SMILES string of the molecule is CCNC(C)c1ccc(F)cc1Cc1cccnc1. The Balaban J connectivity index is 2.29. The van der Waals surface area contributed by atoms with Gasteiger partial charge in [0.1, 0.15) is 5.82 Å². The number of nitrogens with zero attached hydrogens (tertiary/aromatic N) is 1. The first-order chi connectivity index (χ1) is 9.20. The van der Waals surface area contributed by atoms with Crippen molar-refractivity contribution >= 4 is 0 Å². The molecule has 2 rings (SSSR count). The summed E-state index contributed by atoms with van der Waals surface area (Å²) in [4.78, 5) is 4.10. The van der Waals surface area contributed by atoms with Crippen LogP contribution in [-0.2, 0) is 6.42 Å². The molecule has 0 saturated carbocycles. The largest absolute Gasteiger partial charge is 0.310 e. The zero-order valence-electron chi connectivity index (χ0n) is 11.4. The van der Waals surface area contributed by atoms with Crippen LogP contribution in [0.3, 0.4) is 0 Å². The van der Waals surface area contributed by atoms with E-state index in [0.717, 1.165) is 23.2 Å². The monoisotopic (exact) mass is 258 g/mol. The summed E-state index contributed by atoms with van der Waals surface area (Å²) >= 11 is 0. The minimum atomic E-state index is -0.189. The van der Waals surface area contributed by atoms with E-state index >= 15 is 0 Å². The lowest BCUT2D eigenvalue weighted by molar-refractivity contribution is 0.586. The lowest BCUT2D eigenvalue weighted by Crippen LogP contribution is -2.19. The Morgan fingerprint density at radius 1 is 1.32 bits per heavy atom. The highest BCUT2D eigenvalue weighted by molar-refractivity contribution is 5.34. The zero-order chi connectivity index (χ0) is 13.7. The highest BCUT2D eigenvalue weighted by Gasteiger charge is 2.11. The fourth-order valence-electron chi connectivity index (χ4n) is 2.29. The molecule has 1 unspecified atom stereocenters. The molecule has 0 saturated heterocycles. The molecule has 0 radical (unpaired) electrons. The van der Waals surface area contributed by atoms with Gasteiger partial charge in [-0.05, 0) is 54.8 Å². The predicted molar refractivity (Wildman–Crippen MR) is 75.5 cm³/mol. The molecule has 1 atom stereocenters. The van der Waals surface area contributed by atoms with Crippen LogP contribution in [0.15, 0.2) is 42.7 Å². The molecule has 0 bridgehead atoms. The molecule has 0 fully saturated rings. The molecule has 0 aliphatic rings. The average molecular weight is 258 g/mol. The predicted octanol–water partition coefficient (Wildman–Crippen LogP) is 3.48. The molecule has 0 spiro atoms. The summed E-state index contributed by atoms with van der Waals surface area (Å²) in [6.07, 6.45) is 4.28. The third-order valence-corrected chi connectivity index (χ3v) is 3.20. The average Bonchev–Trinajstić information content (AvgIpc) is 2.40. The van der Waals surface area contributed by atoms with Crippen molar-refractivity contribution in [3.8, 4) is 0 Å². The van der Waals surface area contributed by atoms with Gasteiger partial charge in [-0.15, -0.1) is 0 Å². The van der Waals surface area contributed by atoms with Crippen LogP contribution in [0, 0.1) is 5.82 Å². The Labute approximate surface area is 113 Å². The first-order valence-electron chi connectivity index (χ1n) is 6.61. The summed E-state index contributed by atoms with van der Waals surface area (Å²) in [5.74, 6) is -0.189. The van der Waals surface area contributed by atoms with Gasteiger partial charge in [0, 0.05) is 18.4 Å². The van der Waals surface area contributed by atoms with Crippen molar-refractivity contribution in [2.75, 3.05) is 6.54 Å². The van der Waals surface area contributed by atoms with E-state index < -0.39 is 0 Å². The van der Waals surface area contributed by atoms with Crippen LogP contribution in [0.5, 0.6) is 0 Å². The van der Waals surface area contributed by atoms with Gasteiger partial charge < -0.3 is 5.32 Å². The van der Waals surface area contributed by atoms with Gasteiger partial charge in [0.15, 0.2) is 0 Å². The number of pyridine rings is 1. The molecule has 3 heteroatoms. The van der Waals surface area contributed by atoms with E-state index in [1.807, 2.05) is 24.4 Å². The Bertz CT molecular complexity index is 526. The van der Waals surface area contributed by atoms with Crippen molar-refractivity contribution in [1.29, 1.82) is 0 Å². The number of aromatic nitrogens is 1. The Morgan fingerprint density at radius 2 is 2.16 bits per heavy atom. The van der Waals surface area contributed by atoms with Gasteiger partial charge >= 0.3 is 0 Å². The minimum absolute atomic E-state index is 0.189. The van der Waals surface area contributed by atoms with Crippen LogP contribution in [-0.4, -0.2) is 11.5 Å². The highest BCUT2D eigenvalue weighted by atomic mass is 19.1. The second-order valence-electron chi connectivity index (χ2n) is 4.66. The maximum absolute atomic E-state index is 13.5. The molecule has 1 N–H and O–H groups in total. The molecule has 1 aromatic carbocycles. The van der Waals surface area contributed by atoms with Crippen molar-refractivity contribution in [2.45, 2.75) is 26.3 Å². The van der Waals surface area contributed by atoms with Crippen molar-refractivity contribution in [1.82, 2.24) is 10.3 Å². The molecule has 19 heavy (non-hydrogen) atoms. The van der Waals surface area contributed by atoms with Crippen molar-refractivity contribution in [3.63, 3.8) is 0 Å². The second kappa shape index (κ2) is 6.43. The van der Waals surface area contributed by atoms with E-state index in [-0.39, 0.29) is 11.9 Å². The van der Waals surface area contributed by atoms with Crippen LogP contribution in [0.1, 0.15) is 36.6 Å². The summed E-state index contributed by atoms with van der Waals surface area (Å²) in [6, 6.07) is 9.15. The highest BCUT2D eigenvalue weighted by Crippen LogP contribution is 2.21. The molecule has 0 aliphatic carbocycles. The first kappa shape index (κ1) is 13.7. The molecule has 100 valence electrons. The smallest absolute Gasteiger partial charge is 0.123 e. The third kappa shape index (κ3) is 3.61. The number of rotatable bonds is 5. The van der Waals surface area contributed by atoms with E-state index in [0.29, 0.717) is 6.42 Å². The fraction of sp³-hybridized carbons (Fsp3) is 0.312. The van der Waals surface area contributed by atoms with Crippen LogP contribution in [0.2, 0.25) is 0 Å². The summed E-state index contributed by atoms with van der Waals surface area (Å²) in [5, 5.41) is 3.37. The van der Waals surface area contributed by atoms with Crippen molar-refractivity contribution in [3.05, 3.63) is 65.2 Å². The minimum Gasteiger partial charge on any atom is -0.310 e. The van der Waals surface area contributed by atoms with Crippen LogP contribution >= 0.6 is 0 Å². The molecule has 0 aliphatic heterocycles. The number of hydrogen-bond donors (Lipinski definition) is 1. The van der Waals surface area contributed by atoms with Gasteiger partial charge in [-0.25, -0.2) is 4.39 Å². The lowest BCUT2D eigenvalue weighted by atomic mass is 9.96. The molecule has 0 amide bonds. The van der Waals surface area contributed by atoms with Crippen LogP contribution in [0.4, 0.5) is 4.39 Å². The van der Waals surface area contributed by atoms with E-state index in [4.69, 9.17) is 0 Å². The Kier molecular flexibility index (Phi) is 4.63. The summed E-state index contributed by atoms with van der Waals surface area (Å²) in [7, 11) is 0. The molecule has 2 nitrogen and oxygen atoms in total. The number of hydrogen-bond acceptors (Lipinski definition) is 2. The summed E-state index contributed by atoms with van der Waals surface area (Å²) in [6.45, 7) is 5.06. The van der Waals surface area contributed by atoms with Crippen LogP contribution in [0.25, 0.3) is 0 Å². The third-order valence-electron chi connectivity index (χ3n) is 3.20. The molecule has 1 aromatic heterocycles. The van der Waals surface area contributed by atoms with Gasteiger partial charge in [0.25, 0.3) is 0 Å². The normalized spacial score (nSPS) is 12.4. The van der Waals surface area contributed by atoms with Crippen molar-refractivity contribution in [2.24, 2.45) is 0 Å². The van der Waals surface area contributed by atoms with E-state index in [1.165, 1.54) is 6.07 Å². The zero-order valence-corrected chi connectivity index (χ0v) is 11.4.